The summed E-state index contributed by atoms with van der Waals surface area (Å²) in [6, 6.07) is 1.70. The molecule has 0 aromatic heterocycles. The van der Waals surface area contributed by atoms with Gasteiger partial charge in [0.2, 0.25) is 5.75 Å². The molecule has 1 rings (SSSR count). The Morgan fingerprint density at radius 1 is 1.11 bits per heavy atom. The average molecular weight is 248 g/mol. The van der Waals surface area contributed by atoms with Gasteiger partial charge in [-0.25, -0.2) is 0 Å². The van der Waals surface area contributed by atoms with Gasteiger partial charge in [0.1, 0.15) is 0 Å². The van der Waals surface area contributed by atoms with Crippen molar-refractivity contribution in [3.8, 4) is 17.2 Å². The summed E-state index contributed by atoms with van der Waals surface area (Å²) in [5, 5.41) is 28.8. The minimum absolute atomic E-state index is 0.232. The van der Waals surface area contributed by atoms with Crippen LogP contribution in [0.25, 0.3) is 0 Å². The number of hydrogen-bond donors (Lipinski definition) is 3. The number of phenolic OH excluding ortho intramolecular Hbond substituents is 3. The lowest BCUT2D eigenvalue weighted by atomic mass is 9.97. The summed E-state index contributed by atoms with van der Waals surface area (Å²) in [6.45, 7) is 5.67. The molecule has 1 unspecified atom stereocenters. The first-order valence-corrected chi connectivity index (χ1v) is 6.00. The number of benzene rings is 1. The Balaban J connectivity index is 2.91. The van der Waals surface area contributed by atoms with Crippen LogP contribution in [0.4, 0.5) is 0 Å². The van der Waals surface area contributed by atoms with E-state index in [0.29, 0.717) is 17.5 Å². The third kappa shape index (κ3) is 3.29. The fraction of sp³-hybridized carbons (Fsp3) is 0.333. The molecule has 1 aromatic rings. The maximum Gasteiger partial charge on any atom is 0.200 e. The Morgan fingerprint density at radius 2 is 1.78 bits per heavy atom. The van der Waals surface area contributed by atoms with Gasteiger partial charge in [-0.05, 0) is 43.4 Å². The topological polar surface area (TPSA) is 60.7 Å². The lowest BCUT2D eigenvalue weighted by molar-refractivity contribution is 0.362. The number of phenols is 3. The zero-order valence-electron chi connectivity index (χ0n) is 11.0. The Labute approximate surface area is 108 Å². The number of rotatable bonds is 4. The number of aromatic hydroxyl groups is 3. The normalized spacial score (nSPS) is 13.5. The van der Waals surface area contributed by atoms with Crippen molar-refractivity contribution in [2.24, 2.45) is 5.92 Å². The van der Waals surface area contributed by atoms with Crippen LogP contribution in [0.3, 0.4) is 0 Å². The maximum absolute atomic E-state index is 9.78. The van der Waals surface area contributed by atoms with Crippen molar-refractivity contribution in [2.75, 3.05) is 0 Å². The van der Waals surface area contributed by atoms with Crippen molar-refractivity contribution in [3.63, 3.8) is 0 Å². The van der Waals surface area contributed by atoms with E-state index in [-0.39, 0.29) is 17.4 Å². The number of hydrogen-bond acceptors (Lipinski definition) is 3. The van der Waals surface area contributed by atoms with Crippen LogP contribution in [0.2, 0.25) is 0 Å². The first-order chi connectivity index (χ1) is 8.47. The molecule has 3 heteroatoms. The fourth-order valence-electron chi connectivity index (χ4n) is 1.78. The molecule has 3 N–H and O–H groups in total. The fourth-order valence-corrected chi connectivity index (χ4v) is 1.78. The highest BCUT2D eigenvalue weighted by Gasteiger charge is 2.15. The standard InChI is InChI=1S/C15H20O3/c1-4-5-6-7-10(2)8-12-9-11(3)13(16)15(18)14(12)17/h4-7,9-10,16-18H,8H2,1-3H3/b5-4-,7-6-. The van der Waals surface area contributed by atoms with E-state index >= 15 is 0 Å². The molecule has 18 heavy (non-hydrogen) atoms. The summed E-state index contributed by atoms with van der Waals surface area (Å²) in [5.74, 6) is -0.692. The lowest BCUT2D eigenvalue weighted by Crippen LogP contribution is -1.97. The Morgan fingerprint density at radius 3 is 2.39 bits per heavy atom. The molecule has 0 aliphatic carbocycles. The van der Waals surface area contributed by atoms with Gasteiger partial charge in [-0.15, -0.1) is 0 Å². The highest BCUT2D eigenvalue weighted by Crippen LogP contribution is 2.40. The molecular formula is C15H20O3. The van der Waals surface area contributed by atoms with E-state index in [0.717, 1.165) is 0 Å². The summed E-state index contributed by atoms with van der Waals surface area (Å²) in [7, 11) is 0. The van der Waals surface area contributed by atoms with Crippen molar-refractivity contribution >= 4 is 0 Å². The van der Waals surface area contributed by atoms with E-state index in [4.69, 9.17) is 0 Å². The Hall–Kier alpha value is -1.90. The van der Waals surface area contributed by atoms with Gasteiger partial charge >= 0.3 is 0 Å². The van der Waals surface area contributed by atoms with E-state index in [1.165, 1.54) is 0 Å². The van der Waals surface area contributed by atoms with Gasteiger partial charge in [-0.2, -0.15) is 0 Å². The quantitative estimate of drug-likeness (QED) is 0.565. The highest BCUT2D eigenvalue weighted by molar-refractivity contribution is 5.57. The second-order valence-electron chi connectivity index (χ2n) is 4.49. The molecule has 0 fully saturated rings. The smallest absolute Gasteiger partial charge is 0.200 e. The molecule has 1 atom stereocenters. The molecule has 0 spiro atoms. The minimum atomic E-state index is -0.436. The summed E-state index contributed by atoms with van der Waals surface area (Å²) in [5.41, 5.74) is 1.20. The lowest BCUT2D eigenvalue weighted by Gasteiger charge is -2.12. The van der Waals surface area contributed by atoms with Crippen LogP contribution in [0.5, 0.6) is 17.2 Å². The maximum atomic E-state index is 9.78. The summed E-state index contributed by atoms with van der Waals surface area (Å²) in [4.78, 5) is 0. The second kappa shape index (κ2) is 6.15. The van der Waals surface area contributed by atoms with Gasteiger partial charge in [0, 0.05) is 0 Å². The van der Waals surface area contributed by atoms with Crippen molar-refractivity contribution in [2.45, 2.75) is 27.2 Å². The van der Waals surface area contributed by atoms with Crippen LogP contribution < -0.4 is 0 Å². The summed E-state index contributed by atoms with van der Waals surface area (Å²) >= 11 is 0. The van der Waals surface area contributed by atoms with Crippen LogP contribution >= 0.6 is 0 Å². The molecule has 0 saturated heterocycles. The monoisotopic (exact) mass is 248 g/mol. The second-order valence-corrected chi connectivity index (χ2v) is 4.49. The van der Waals surface area contributed by atoms with E-state index in [9.17, 15) is 15.3 Å². The van der Waals surface area contributed by atoms with Crippen LogP contribution in [-0.2, 0) is 6.42 Å². The molecule has 98 valence electrons. The summed E-state index contributed by atoms with van der Waals surface area (Å²) < 4.78 is 0. The average Bonchev–Trinajstić information content (AvgIpc) is 2.33. The van der Waals surface area contributed by atoms with Crippen LogP contribution in [0.15, 0.2) is 30.4 Å². The molecule has 0 amide bonds. The SMILES string of the molecule is C/C=C\C=C/C(C)Cc1cc(C)c(O)c(O)c1O. The van der Waals surface area contributed by atoms with E-state index in [1.54, 1.807) is 13.0 Å². The predicted octanol–water partition coefficient (Wildman–Crippen LogP) is 3.42. The van der Waals surface area contributed by atoms with Gasteiger partial charge in [0.15, 0.2) is 11.5 Å². The van der Waals surface area contributed by atoms with Crippen molar-refractivity contribution in [3.05, 3.63) is 41.5 Å². The molecule has 1 aromatic carbocycles. The van der Waals surface area contributed by atoms with Gasteiger partial charge in [-0.1, -0.05) is 31.2 Å². The highest BCUT2D eigenvalue weighted by atomic mass is 16.3. The van der Waals surface area contributed by atoms with E-state index in [1.807, 2.05) is 38.2 Å². The molecule has 0 radical (unpaired) electrons. The van der Waals surface area contributed by atoms with Gasteiger partial charge in [0.25, 0.3) is 0 Å². The minimum Gasteiger partial charge on any atom is -0.504 e. The van der Waals surface area contributed by atoms with Crippen LogP contribution in [0, 0.1) is 12.8 Å². The third-order valence-corrected chi connectivity index (χ3v) is 2.80. The van der Waals surface area contributed by atoms with Crippen LogP contribution in [0.1, 0.15) is 25.0 Å². The van der Waals surface area contributed by atoms with Crippen molar-refractivity contribution in [1.29, 1.82) is 0 Å². The summed E-state index contributed by atoms with van der Waals surface area (Å²) in [6.07, 6.45) is 8.47. The zero-order chi connectivity index (χ0) is 13.7. The largest absolute Gasteiger partial charge is 0.504 e. The number of aryl methyl sites for hydroxylation is 1. The predicted molar refractivity (Wildman–Crippen MR) is 73.0 cm³/mol. The zero-order valence-corrected chi connectivity index (χ0v) is 11.0. The number of allylic oxidation sites excluding steroid dienone is 4. The molecule has 0 heterocycles. The van der Waals surface area contributed by atoms with Gasteiger partial charge in [0.05, 0.1) is 0 Å². The first kappa shape index (κ1) is 14.2. The van der Waals surface area contributed by atoms with Crippen molar-refractivity contribution in [1.82, 2.24) is 0 Å². The Bertz CT molecular complexity index is 473. The van der Waals surface area contributed by atoms with E-state index < -0.39 is 5.75 Å². The molecule has 0 bridgehead atoms. The molecule has 0 aliphatic heterocycles. The van der Waals surface area contributed by atoms with Crippen LogP contribution in [-0.4, -0.2) is 15.3 Å². The third-order valence-electron chi connectivity index (χ3n) is 2.80. The molecular weight excluding hydrogens is 228 g/mol. The van der Waals surface area contributed by atoms with Gasteiger partial charge in [-0.3, -0.25) is 0 Å². The van der Waals surface area contributed by atoms with E-state index in [2.05, 4.69) is 0 Å². The molecule has 0 aliphatic rings. The van der Waals surface area contributed by atoms with Crippen molar-refractivity contribution < 1.29 is 15.3 Å². The molecule has 0 saturated carbocycles. The first-order valence-electron chi connectivity index (χ1n) is 6.00. The molecule has 3 nitrogen and oxygen atoms in total. The van der Waals surface area contributed by atoms with Gasteiger partial charge < -0.3 is 15.3 Å². The Kier molecular flexibility index (Phi) is 4.84.